The van der Waals surface area contributed by atoms with Gasteiger partial charge in [-0.2, -0.15) is 0 Å². The first kappa shape index (κ1) is 14.0. The monoisotopic (exact) mass is 275 g/mol. The number of hydrogen-bond acceptors (Lipinski definition) is 4. The van der Waals surface area contributed by atoms with Crippen LogP contribution in [0.1, 0.15) is 44.5 Å². The smallest absolute Gasteiger partial charge is 0.133 e. The van der Waals surface area contributed by atoms with Crippen LogP contribution in [-0.2, 0) is 0 Å². The average molecular weight is 275 g/mol. The number of nitrogens with one attached hydrogen (secondary N) is 1. The predicted octanol–water partition coefficient (Wildman–Crippen LogP) is 4.46. The number of aromatic nitrogens is 2. The highest BCUT2D eigenvalue weighted by Crippen LogP contribution is 2.29. The average Bonchev–Trinajstić information content (AvgIpc) is 2.82. The Morgan fingerprint density at radius 2 is 2.11 bits per heavy atom. The number of anilines is 1. The highest BCUT2D eigenvalue weighted by atomic mass is 32.1. The molecule has 2 aromatic rings. The molecule has 2 rings (SSSR count). The first-order valence-corrected chi connectivity index (χ1v) is 7.67. The van der Waals surface area contributed by atoms with Crippen LogP contribution in [0.4, 0.5) is 5.82 Å². The SMILES string of the molecule is CCCNc1cc(-c2sccc2C)nc(C(C)C)n1. The van der Waals surface area contributed by atoms with E-state index in [4.69, 9.17) is 4.98 Å². The minimum Gasteiger partial charge on any atom is -0.370 e. The van der Waals surface area contributed by atoms with E-state index in [9.17, 15) is 0 Å². The van der Waals surface area contributed by atoms with E-state index in [2.05, 4.69) is 55.5 Å². The fourth-order valence-electron chi connectivity index (χ4n) is 1.82. The fourth-order valence-corrected chi connectivity index (χ4v) is 2.71. The van der Waals surface area contributed by atoms with Crippen LogP contribution in [-0.4, -0.2) is 16.5 Å². The van der Waals surface area contributed by atoms with Crippen molar-refractivity contribution >= 4 is 17.2 Å². The van der Waals surface area contributed by atoms with Crippen molar-refractivity contribution in [2.45, 2.75) is 40.0 Å². The van der Waals surface area contributed by atoms with Crippen LogP contribution >= 0.6 is 11.3 Å². The number of nitrogens with zero attached hydrogens (tertiary/aromatic N) is 2. The molecule has 0 aliphatic rings. The predicted molar refractivity (Wildman–Crippen MR) is 83.0 cm³/mol. The summed E-state index contributed by atoms with van der Waals surface area (Å²) in [6.45, 7) is 9.48. The quantitative estimate of drug-likeness (QED) is 0.875. The van der Waals surface area contributed by atoms with E-state index in [0.29, 0.717) is 5.92 Å². The van der Waals surface area contributed by atoms with E-state index in [1.807, 2.05) is 0 Å². The van der Waals surface area contributed by atoms with E-state index in [-0.39, 0.29) is 0 Å². The largest absolute Gasteiger partial charge is 0.370 e. The maximum Gasteiger partial charge on any atom is 0.133 e. The summed E-state index contributed by atoms with van der Waals surface area (Å²) in [5.41, 5.74) is 2.31. The third-order valence-corrected chi connectivity index (χ3v) is 3.95. The van der Waals surface area contributed by atoms with Crippen LogP contribution in [0, 0.1) is 6.92 Å². The van der Waals surface area contributed by atoms with Gasteiger partial charge in [-0.25, -0.2) is 9.97 Å². The highest BCUT2D eigenvalue weighted by Gasteiger charge is 2.11. The second-order valence-electron chi connectivity index (χ2n) is 5.01. The zero-order chi connectivity index (χ0) is 13.8. The molecule has 0 aliphatic heterocycles. The number of rotatable bonds is 5. The Labute approximate surface area is 119 Å². The van der Waals surface area contributed by atoms with Gasteiger partial charge in [-0.15, -0.1) is 11.3 Å². The zero-order valence-electron chi connectivity index (χ0n) is 12.0. The third-order valence-electron chi connectivity index (χ3n) is 2.91. The van der Waals surface area contributed by atoms with Gasteiger partial charge >= 0.3 is 0 Å². The van der Waals surface area contributed by atoms with E-state index in [1.165, 1.54) is 10.4 Å². The Kier molecular flexibility index (Phi) is 4.53. The minimum atomic E-state index is 0.336. The first-order chi connectivity index (χ1) is 9.11. The second-order valence-corrected chi connectivity index (χ2v) is 5.93. The van der Waals surface area contributed by atoms with Crippen LogP contribution in [0.15, 0.2) is 17.5 Å². The summed E-state index contributed by atoms with van der Waals surface area (Å²) < 4.78 is 0. The Bertz CT molecular complexity index is 546. The van der Waals surface area contributed by atoms with Crippen LogP contribution in [0.3, 0.4) is 0 Å². The molecule has 0 bridgehead atoms. The zero-order valence-corrected chi connectivity index (χ0v) is 12.8. The molecule has 0 radical (unpaired) electrons. The van der Waals surface area contributed by atoms with Gasteiger partial charge in [-0.3, -0.25) is 0 Å². The topological polar surface area (TPSA) is 37.8 Å². The molecule has 0 fully saturated rings. The van der Waals surface area contributed by atoms with Gasteiger partial charge < -0.3 is 5.32 Å². The van der Waals surface area contributed by atoms with E-state index < -0.39 is 0 Å². The van der Waals surface area contributed by atoms with Crippen LogP contribution in [0.5, 0.6) is 0 Å². The number of aryl methyl sites for hydroxylation is 1. The number of hydrogen-bond donors (Lipinski definition) is 1. The summed E-state index contributed by atoms with van der Waals surface area (Å²) in [5, 5.41) is 5.48. The summed E-state index contributed by atoms with van der Waals surface area (Å²) in [5.74, 6) is 2.18. The van der Waals surface area contributed by atoms with Crippen molar-refractivity contribution < 1.29 is 0 Å². The van der Waals surface area contributed by atoms with Crippen molar-refractivity contribution in [3.8, 4) is 10.6 Å². The summed E-state index contributed by atoms with van der Waals surface area (Å²) in [7, 11) is 0. The van der Waals surface area contributed by atoms with E-state index in [0.717, 1.165) is 30.3 Å². The van der Waals surface area contributed by atoms with Gasteiger partial charge in [0.25, 0.3) is 0 Å². The van der Waals surface area contributed by atoms with Crippen molar-refractivity contribution in [3.05, 3.63) is 28.9 Å². The summed E-state index contributed by atoms with van der Waals surface area (Å²) in [4.78, 5) is 10.5. The maximum absolute atomic E-state index is 4.70. The fraction of sp³-hybridized carbons (Fsp3) is 0.467. The first-order valence-electron chi connectivity index (χ1n) is 6.79. The molecular weight excluding hydrogens is 254 g/mol. The van der Waals surface area contributed by atoms with Gasteiger partial charge in [-0.05, 0) is 30.4 Å². The molecule has 19 heavy (non-hydrogen) atoms. The lowest BCUT2D eigenvalue weighted by atomic mass is 10.2. The molecule has 3 nitrogen and oxygen atoms in total. The Balaban J connectivity index is 2.42. The van der Waals surface area contributed by atoms with Gasteiger partial charge in [0.2, 0.25) is 0 Å². The van der Waals surface area contributed by atoms with Crippen LogP contribution < -0.4 is 5.32 Å². The lowest BCUT2D eigenvalue weighted by molar-refractivity contribution is 0.775. The molecule has 2 heterocycles. The maximum atomic E-state index is 4.70. The normalized spacial score (nSPS) is 11.0. The van der Waals surface area contributed by atoms with Gasteiger partial charge in [0, 0.05) is 18.5 Å². The number of thiophene rings is 1. The highest BCUT2D eigenvalue weighted by molar-refractivity contribution is 7.13. The van der Waals surface area contributed by atoms with Crippen molar-refractivity contribution in [1.82, 2.24) is 9.97 Å². The van der Waals surface area contributed by atoms with Gasteiger partial charge in [0.05, 0.1) is 10.6 Å². The van der Waals surface area contributed by atoms with Gasteiger partial charge in [-0.1, -0.05) is 20.8 Å². The third kappa shape index (κ3) is 3.32. The summed E-state index contributed by atoms with van der Waals surface area (Å²) in [6.07, 6.45) is 1.09. The molecule has 0 aliphatic carbocycles. The Morgan fingerprint density at radius 3 is 2.68 bits per heavy atom. The van der Waals surface area contributed by atoms with E-state index >= 15 is 0 Å². The molecule has 4 heteroatoms. The molecule has 1 N–H and O–H groups in total. The van der Waals surface area contributed by atoms with Crippen molar-refractivity contribution in [3.63, 3.8) is 0 Å². The minimum absolute atomic E-state index is 0.336. The second kappa shape index (κ2) is 6.15. The molecule has 0 saturated heterocycles. The van der Waals surface area contributed by atoms with Gasteiger partial charge in [0.15, 0.2) is 0 Å². The lowest BCUT2D eigenvalue weighted by Gasteiger charge is -2.11. The lowest BCUT2D eigenvalue weighted by Crippen LogP contribution is -2.07. The molecular formula is C15H21N3S. The van der Waals surface area contributed by atoms with E-state index in [1.54, 1.807) is 11.3 Å². The van der Waals surface area contributed by atoms with Crippen molar-refractivity contribution in [2.24, 2.45) is 0 Å². The van der Waals surface area contributed by atoms with Crippen molar-refractivity contribution in [1.29, 1.82) is 0 Å². The van der Waals surface area contributed by atoms with Crippen LogP contribution in [0.25, 0.3) is 10.6 Å². The Hall–Kier alpha value is -1.42. The molecule has 0 amide bonds. The molecule has 0 spiro atoms. The molecule has 0 aromatic carbocycles. The molecule has 0 atom stereocenters. The van der Waals surface area contributed by atoms with Gasteiger partial charge in [0.1, 0.15) is 11.6 Å². The Morgan fingerprint density at radius 1 is 1.32 bits per heavy atom. The molecule has 0 saturated carbocycles. The summed E-state index contributed by atoms with van der Waals surface area (Å²) >= 11 is 1.74. The van der Waals surface area contributed by atoms with Crippen LogP contribution in [0.2, 0.25) is 0 Å². The molecule has 2 aromatic heterocycles. The standard InChI is InChI=1S/C15H21N3S/c1-5-7-16-13-9-12(14-11(4)6-8-19-14)17-15(18-13)10(2)3/h6,8-10H,5,7H2,1-4H3,(H,16,17,18). The molecule has 102 valence electrons. The molecule has 0 unspecified atom stereocenters. The van der Waals surface area contributed by atoms with Crippen molar-refractivity contribution in [2.75, 3.05) is 11.9 Å². The summed E-state index contributed by atoms with van der Waals surface area (Å²) in [6, 6.07) is 4.19.